The van der Waals surface area contributed by atoms with Crippen molar-refractivity contribution in [3.63, 3.8) is 0 Å². The Morgan fingerprint density at radius 2 is 2.00 bits per heavy atom. The molecule has 0 radical (unpaired) electrons. The third kappa shape index (κ3) is 4.09. The summed E-state index contributed by atoms with van der Waals surface area (Å²) in [6.45, 7) is 0.249. The summed E-state index contributed by atoms with van der Waals surface area (Å²) in [5.41, 5.74) is 1.72. The second-order valence-electron chi connectivity index (χ2n) is 4.22. The van der Waals surface area contributed by atoms with Gasteiger partial charge in [0.15, 0.2) is 0 Å². The molecular weight excluding hydrogens is 381 g/mol. The van der Waals surface area contributed by atoms with E-state index in [4.69, 9.17) is 27.9 Å². The first-order valence-corrected chi connectivity index (χ1v) is 7.62. The number of ether oxygens (including phenoxy) is 1. The van der Waals surface area contributed by atoms with Gasteiger partial charge in [0.05, 0.1) is 9.95 Å². The van der Waals surface area contributed by atoms with Gasteiger partial charge < -0.3 is 4.74 Å². The summed E-state index contributed by atoms with van der Waals surface area (Å²) in [5.74, 6) is 0.921. The Bertz CT molecular complexity index is 679. The van der Waals surface area contributed by atoms with Crippen LogP contribution in [0.5, 0.6) is 5.75 Å². The number of rotatable bonds is 5. The van der Waals surface area contributed by atoms with Crippen molar-refractivity contribution in [2.75, 3.05) is 0 Å². The minimum atomic E-state index is -0.447. The monoisotopic (exact) mass is 389 g/mol. The molecule has 0 saturated heterocycles. The number of nitro groups is 1. The Kier molecular flexibility index (Phi) is 5.45. The lowest BCUT2D eigenvalue weighted by atomic mass is 10.2. The van der Waals surface area contributed by atoms with E-state index in [0.717, 1.165) is 11.1 Å². The molecule has 2 rings (SSSR count). The lowest BCUT2D eigenvalue weighted by molar-refractivity contribution is -0.384. The Hall–Kier alpha value is -1.30. The summed E-state index contributed by atoms with van der Waals surface area (Å²) >= 11 is 15.1. The number of alkyl halides is 1. The van der Waals surface area contributed by atoms with Crippen LogP contribution in [0.25, 0.3) is 0 Å². The van der Waals surface area contributed by atoms with Crippen LogP contribution in [0.1, 0.15) is 11.1 Å². The molecule has 2 aromatic rings. The molecule has 4 nitrogen and oxygen atoms in total. The van der Waals surface area contributed by atoms with Crippen molar-refractivity contribution in [1.82, 2.24) is 0 Å². The van der Waals surface area contributed by atoms with E-state index in [-0.39, 0.29) is 12.3 Å². The molecule has 0 amide bonds. The van der Waals surface area contributed by atoms with Crippen molar-refractivity contribution in [3.8, 4) is 5.75 Å². The van der Waals surface area contributed by atoms with Crippen LogP contribution in [0, 0.1) is 10.1 Å². The third-order valence-corrected chi connectivity index (χ3v) is 4.12. The van der Waals surface area contributed by atoms with Crippen LogP contribution >= 0.6 is 39.1 Å². The second kappa shape index (κ2) is 7.11. The SMILES string of the molecule is O=[N+]([O-])c1ccc(COc2ccc(CCl)cc2Cl)c(Br)c1. The summed E-state index contributed by atoms with van der Waals surface area (Å²) in [7, 11) is 0. The number of halogens is 3. The predicted molar refractivity (Wildman–Crippen MR) is 86.1 cm³/mol. The highest BCUT2D eigenvalue weighted by atomic mass is 79.9. The molecule has 0 unspecified atom stereocenters. The zero-order valence-corrected chi connectivity index (χ0v) is 13.8. The molecule has 0 saturated carbocycles. The largest absolute Gasteiger partial charge is 0.487 e. The number of benzene rings is 2. The molecule has 0 N–H and O–H groups in total. The summed E-state index contributed by atoms with van der Waals surface area (Å²) < 4.78 is 6.24. The highest BCUT2D eigenvalue weighted by molar-refractivity contribution is 9.10. The summed E-state index contributed by atoms with van der Waals surface area (Å²) in [6, 6.07) is 9.84. The summed E-state index contributed by atoms with van der Waals surface area (Å²) in [4.78, 5) is 10.2. The van der Waals surface area contributed by atoms with Gasteiger partial charge in [0.2, 0.25) is 0 Å². The zero-order chi connectivity index (χ0) is 15.4. The molecule has 0 aliphatic heterocycles. The molecule has 0 bridgehead atoms. The van der Waals surface area contributed by atoms with Gasteiger partial charge in [-0.25, -0.2) is 0 Å². The molecule has 0 aliphatic carbocycles. The van der Waals surface area contributed by atoms with Gasteiger partial charge in [0, 0.05) is 28.0 Å². The Labute approximate surface area is 139 Å². The lowest BCUT2D eigenvalue weighted by Crippen LogP contribution is -1.98. The fraction of sp³-hybridized carbons (Fsp3) is 0.143. The van der Waals surface area contributed by atoms with Gasteiger partial charge in [0.25, 0.3) is 5.69 Å². The van der Waals surface area contributed by atoms with Gasteiger partial charge in [-0.15, -0.1) is 11.6 Å². The smallest absolute Gasteiger partial charge is 0.270 e. The van der Waals surface area contributed by atoms with E-state index < -0.39 is 4.92 Å². The Balaban J connectivity index is 2.11. The molecule has 0 fully saturated rings. The first kappa shape index (κ1) is 16.1. The number of nitrogens with zero attached hydrogens (tertiary/aromatic N) is 1. The highest BCUT2D eigenvalue weighted by Gasteiger charge is 2.10. The van der Waals surface area contributed by atoms with Crippen molar-refractivity contribution in [3.05, 3.63) is 67.1 Å². The van der Waals surface area contributed by atoms with E-state index in [1.165, 1.54) is 12.1 Å². The molecule has 110 valence electrons. The maximum absolute atomic E-state index is 10.7. The molecular formula is C14H10BrCl2NO3. The van der Waals surface area contributed by atoms with E-state index in [1.807, 2.05) is 6.07 Å². The number of non-ortho nitro benzene ring substituents is 1. The molecule has 0 aromatic heterocycles. The van der Waals surface area contributed by atoms with Crippen LogP contribution in [-0.2, 0) is 12.5 Å². The number of hydrogen-bond acceptors (Lipinski definition) is 3. The predicted octanol–water partition coefficient (Wildman–Crippen LogP) is 5.33. The summed E-state index contributed by atoms with van der Waals surface area (Å²) in [6.07, 6.45) is 0. The molecule has 2 aromatic carbocycles. The molecule has 0 aliphatic rings. The minimum absolute atomic E-state index is 0.0233. The quantitative estimate of drug-likeness (QED) is 0.394. The van der Waals surface area contributed by atoms with Crippen molar-refractivity contribution in [2.45, 2.75) is 12.5 Å². The van der Waals surface area contributed by atoms with Crippen LogP contribution in [-0.4, -0.2) is 4.92 Å². The molecule has 0 spiro atoms. The second-order valence-corrected chi connectivity index (χ2v) is 5.75. The standard InChI is InChI=1S/C14H10BrCl2NO3/c15-12-6-11(18(19)20)3-2-10(12)8-21-14-4-1-9(7-16)5-13(14)17/h1-6H,7-8H2. The van der Waals surface area contributed by atoms with Crippen molar-refractivity contribution >= 4 is 44.8 Å². The van der Waals surface area contributed by atoms with Gasteiger partial charge in [-0.1, -0.05) is 33.6 Å². The van der Waals surface area contributed by atoms with Crippen molar-refractivity contribution in [1.29, 1.82) is 0 Å². The molecule has 0 atom stereocenters. The maximum atomic E-state index is 10.7. The van der Waals surface area contributed by atoms with Crippen LogP contribution in [0.3, 0.4) is 0 Å². The third-order valence-electron chi connectivity index (χ3n) is 2.78. The summed E-state index contributed by atoms with van der Waals surface area (Å²) in [5, 5.41) is 11.2. The first-order chi connectivity index (χ1) is 10.0. The Morgan fingerprint density at radius 3 is 2.57 bits per heavy atom. The molecule has 0 heterocycles. The minimum Gasteiger partial charge on any atom is -0.487 e. The van der Waals surface area contributed by atoms with Crippen molar-refractivity contribution in [2.24, 2.45) is 0 Å². The zero-order valence-electron chi connectivity index (χ0n) is 10.7. The average molecular weight is 391 g/mol. The lowest BCUT2D eigenvalue weighted by Gasteiger charge is -2.10. The van der Waals surface area contributed by atoms with Crippen LogP contribution < -0.4 is 4.74 Å². The number of nitro benzene ring substituents is 1. The average Bonchev–Trinajstić information content (AvgIpc) is 2.46. The van der Waals surface area contributed by atoms with Gasteiger partial charge in [-0.2, -0.15) is 0 Å². The normalized spacial score (nSPS) is 10.4. The molecule has 7 heteroatoms. The van der Waals surface area contributed by atoms with Gasteiger partial charge in [-0.05, 0) is 23.8 Å². The van der Waals surface area contributed by atoms with Crippen LogP contribution in [0.15, 0.2) is 40.9 Å². The fourth-order valence-corrected chi connectivity index (χ4v) is 2.57. The highest BCUT2D eigenvalue weighted by Crippen LogP contribution is 2.29. The fourth-order valence-electron chi connectivity index (χ4n) is 1.67. The Morgan fingerprint density at radius 1 is 1.24 bits per heavy atom. The van der Waals surface area contributed by atoms with E-state index in [9.17, 15) is 10.1 Å². The van der Waals surface area contributed by atoms with Crippen molar-refractivity contribution < 1.29 is 9.66 Å². The number of hydrogen-bond donors (Lipinski definition) is 0. The maximum Gasteiger partial charge on any atom is 0.270 e. The first-order valence-electron chi connectivity index (χ1n) is 5.91. The van der Waals surface area contributed by atoms with Gasteiger partial charge in [0.1, 0.15) is 12.4 Å². The topological polar surface area (TPSA) is 52.4 Å². The van der Waals surface area contributed by atoms with E-state index >= 15 is 0 Å². The van der Waals surface area contributed by atoms with Gasteiger partial charge >= 0.3 is 0 Å². The van der Waals surface area contributed by atoms with Gasteiger partial charge in [-0.3, -0.25) is 10.1 Å². The van der Waals surface area contributed by atoms with Crippen LogP contribution in [0.2, 0.25) is 5.02 Å². The van der Waals surface area contributed by atoms with E-state index in [2.05, 4.69) is 15.9 Å². The molecule has 21 heavy (non-hydrogen) atoms. The van der Waals surface area contributed by atoms with Crippen LogP contribution in [0.4, 0.5) is 5.69 Å². The van der Waals surface area contributed by atoms with E-state index in [0.29, 0.717) is 21.1 Å². The van der Waals surface area contributed by atoms with E-state index in [1.54, 1.807) is 18.2 Å².